The summed E-state index contributed by atoms with van der Waals surface area (Å²) in [6.07, 6.45) is 0. The molecule has 0 amide bonds. The van der Waals surface area contributed by atoms with E-state index in [1.54, 1.807) is 12.1 Å². The number of esters is 1. The predicted octanol–water partition coefficient (Wildman–Crippen LogP) is 4.59. The van der Waals surface area contributed by atoms with Crippen LogP contribution in [0, 0.1) is 20.8 Å². The molecule has 0 N–H and O–H groups in total. The molecule has 0 aliphatic heterocycles. The van der Waals surface area contributed by atoms with Gasteiger partial charge in [0.1, 0.15) is 5.75 Å². The maximum atomic E-state index is 12.1. The highest BCUT2D eigenvalue weighted by Gasteiger charge is 2.10. The molecule has 3 heteroatoms. The summed E-state index contributed by atoms with van der Waals surface area (Å²) in [6.45, 7) is 5.93. The van der Waals surface area contributed by atoms with E-state index in [1.807, 2.05) is 45.0 Å². The molecule has 0 atom stereocenters. The lowest BCUT2D eigenvalue weighted by Crippen LogP contribution is -2.08. The van der Waals surface area contributed by atoms with Crippen molar-refractivity contribution in [3.8, 4) is 5.75 Å². The monoisotopic (exact) mass is 318 g/mol. The molecule has 19 heavy (non-hydrogen) atoms. The van der Waals surface area contributed by atoms with Crippen LogP contribution in [0.2, 0.25) is 0 Å². The quantitative estimate of drug-likeness (QED) is 0.597. The molecule has 0 saturated heterocycles. The molecule has 0 bridgehead atoms. The lowest BCUT2D eigenvalue weighted by atomic mass is 10.1. The molecule has 2 aromatic carbocycles. The molecular weight excluding hydrogens is 304 g/mol. The van der Waals surface area contributed by atoms with Crippen molar-refractivity contribution in [1.82, 2.24) is 0 Å². The van der Waals surface area contributed by atoms with Crippen LogP contribution in [0.15, 0.2) is 40.9 Å². The molecule has 98 valence electrons. The number of benzene rings is 2. The van der Waals surface area contributed by atoms with Crippen molar-refractivity contribution in [2.75, 3.05) is 0 Å². The third-order valence-electron chi connectivity index (χ3n) is 2.81. The molecule has 0 aliphatic rings. The van der Waals surface area contributed by atoms with E-state index in [0.717, 1.165) is 21.2 Å². The fourth-order valence-electron chi connectivity index (χ4n) is 1.88. The fourth-order valence-corrected chi connectivity index (χ4v) is 2.26. The van der Waals surface area contributed by atoms with Crippen LogP contribution in [0.5, 0.6) is 5.75 Å². The van der Waals surface area contributed by atoms with E-state index < -0.39 is 0 Å². The Hall–Kier alpha value is -1.61. The zero-order valence-corrected chi connectivity index (χ0v) is 12.7. The number of hydrogen-bond acceptors (Lipinski definition) is 2. The van der Waals surface area contributed by atoms with E-state index in [4.69, 9.17) is 4.74 Å². The second kappa shape index (κ2) is 5.57. The Labute approximate surface area is 121 Å². The van der Waals surface area contributed by atoms with Gasteiger partial charge in [0.25, 0.3) is 0 Å². The average molecular weight is 319 g/mol. The van der Waals surface area contributed by atoms with Crippen molar-refractivity contribution in [2.24, 2.45) is 0 Å². The summed E-state index contributed by atoms with van der Waals surface area (Å²) in [4.78, 5) is 12.1. The molecule has 0 heterocycles. The predicted molar refractivity (Wildman–Crippen MR) is 79.8 cm³/mol. The number of rotatable bonds is 2. The molecule has 0 spiro atoms. The smallest absolute Gasteiger partial charge is 0.343 e. The molecule has 2 nitrogen and oxygen atoms in total. The Bertz CT molecular complexity index is 612. The maximum absolute atomic E-state index is 12.1. The first kappa shape index (κ1) is 13.8. The molecule has 0 aromatic heterocycles. The van der Waals surface area contributed by atoms with Crippen molar-refractivity contribution in [2.45, 2.75) is 20.8 Å². The SMILES string of the molecule is Cc1cc(C)cc(OC(=O)c2ccc(C)c(Br)c2)c1. The second-order valence-corrected chi connectivity index (χ2v) is 5.53. The molecular formula is C16H15BrO2. The lowest BCUT2D eigenvalue weighted by molar-refractivity contribution is 0.0734. The van der Waals surface area contributed by atoms with Crippen molar-refractivity contribution in [3.63, 3.8) is 0 Å². The second-order valence-electron chi connectivity index (χ2n) is 4.68. The number of carbonyl (C=O) groups excluding carboxylic acids is 1. The highest BCUT2D eigenvalue weighted by molar-refractivity contribution is 9.10. The van der Waals surface area contributed by atoms with Gasteiger partial charge in [-0.25, -0.2) is 4.79 Å². The van der Waals surface area contributed by atoms with Crippen LogP contribution in [0.25, 0.3) is 0 Å². The van der Waals surface area contributed by atoms with Crippen LogP contribution in [0.3, 0.4) is 0 Å². The van der Waals surface area contributed by atoms with E-state index in [2.05, 4.69) is 15.9 Å². The molecule has 0 saturated carbocycles. The van der Waals surface area contributed by atoms with Crippen LogP contribution in [-0.4, -0.2) is 5.97 Å². The normalized spacial score (nSPS) is 10.3. The number of carbonyl (C=O) groups is 1. The number of aryl methyl sites for hydroxylation is 3. The first-order valence-corrected chi connectivity index (χ1v) is 6.81. The molecule has 2 rings (SSSR count). The van der Waals surface area contributed by atoms with Gasteiger partial charge in [-0.2, -0.15) is 0 Å². The fraction of sp³-hybridized carbons (Fsp3) is 0.188. The number of ether oxygens (including phenoxy) is 1. The number of hydrogen-bond donors (Lipinski definition) is 0. The zero-order chi connectivity index (χ0) is 14.0. The van der Waals surface area contributed by atoms with Gasteiger partial charge >= 0.3 is 5.97 Å². The summed E-state index contributed by atoms with van der Waals surface area (Å²) in [5.41, 5.74) is 3.78. The Morgan fingerprint density at radius 2 is 1.63 bits per heavy atom. The Balaban J connectivity index is 2.22. The molecule has 0 radical (unpaired) electrons. The summed E-state index contributed by atoms with van der Waals surface area (Å²) in [6, 6.07) is 11.2. The molecule has 0 unspecified atom stereocenters. The van der Waals surface area contributed by atoms with Gasteiger partial charge in [-0.15, -0.1) is 0 Å². The van der Waals surface area contributed by atoms with Gasteiger partial charge in [0.2, 0.25) is 0 Å². The number of halogens is 1. The summed E-state index contributed by atoms with van der Waals surface area (Å²) in [5, 5.41) is 0. The van der Waals surface area contributed by atoms with Gasteiger partial charge < -0.3 is 4.74 Å². The summed E-state index contributed by atoms with van der Waals surface area (Å²) >= 11 is 3.42. The maximum Gasteiger partial charge on any atom is 0.343 e. The largest absolute Gasteiger partial charge is 0.423 e. The van der Waals surface area contributed by atoms with Crippen LogP contribution in [-0.2, 0) is 0 Å². The first-order valence-electron chi connectivity index (χ1n) is 6.02. The first-order chi connectivity index (χ1) is 8.95. The Morgan fingerprint density at radius 3 is 2.21 bits per heavy atom. The average Bonchev–Trinajstić information content (AvgIpc) is 2.31. The van der Waals surface area contributed by atoms with E-state index in [1.165, 1.54) is 0 Å². The van der Waals surface area contributed by atoms with Crippen molar-refractivity contribution >= 4 is 21.9 Å². The zero-order valence-electron chi connectivity index (χ0n) is 11.2. The minimum Gasteiger partial charge on any atom is -0.423 e. The summed E-state index contributed by atoms with van der Waals surface area (Å²) in [7, 11) is 0. The standard InChI is InChI=1S/C16H15BrO2/c1-10-6-11(2)8-14(7-10)19-16(18)13-5-4-12(3)15(17)9-13/h4-9H,1-3H3. The minimum absolute atomic E-state index is 0.342. The highest BCUT2D eigenvalue weighted by atomic mass is 79.9. The van der Waals surface area contributed by atoms with Gasteiger partial charge in [0.05, 0.1) is 5.56 Å². The summed E-state index contributed by atoms with van der Waals surface area (Å²) < 4.78 is 6.30. The van der Waals surface area contributed by atoms with Crippen LogP contribution in [0.4, 0.5) is 0 Å². The van der Waals surface area contributed by atoms with E-state index in [0.29, 0.717) is 11.3 Å². The van der Waals surface area contributed by atoms with Crippen molar-refractivity contribution in [3.05, 3.63) is 63.1 Å². The van der Waals surface area contributed by atoms with Crippen LogP contribution in [0.1, 0.15) is 27.0 Å². The summed E-state index contributed by atoms with van der Waals surface area (Å²) in [5.74, 6) is 0.241. The van der Waals surface area contributed by atoms with Gasteiger partial charge in [-0.3, -0.25) is 0 Å². The van der Waals surface area contributed by atoms with E-state index >= 15 is 0 Å². The minimum atomic E-state index is -0.342. The third kappa shape index (κ3) is 3.44. The van der Waals surface area contributed by atoms with Crippen LogP contribution >= 0.6 is 15.9 Å². The van der Waals surface area contributed by atoms with E-state index in [-0.39, 0.29) is 5.97 Å². The van der Waals surface area contributed by atoms with Gasteiger partial charge in [0, 0.05) is 4.47 Å². The Kier molecular flexibility index (Phi) is 4.05. The molecule has 0 aliphatic carbocycles. The molecule has 2 aromatic rings. The van der Waals surface area contributed by atoms with Crippen molar-refractivity contribution < 1.29 is 9.53 Å². The third-order valence-corrected chi connectivity index (χ3v) is 3.67. The van der Waals surface area contributed by atoms with Gasteiger partial charge in [-0.05, 0) is 61.7 Å². The topological polar surface area (TPSA) is 26.3 Å². The Morgan fingerprint density at radius 1 is 1.00 bits per heavy atom. The lowest BCUT2D eigenvalue weighted by Gasteiger charge is -2.07. The van der Waals surface area contributed by atoms with E-state index in [9.17, 15) is 4.79 Å². The van der Waals surface area contributed by atoms with Gasteiger partial charge in [-0.1, -0.05) is 28.1 Å². The molecule has 0 fully saturated rings. The van der Waals surface area contributed by atoms with Gasteiger partial charge in [0.15, 0.2) is 0 Å². The van der Waals surface area contributed by atoms with Crippen molar-refractivity contribution in [1.29, 1.82) is 0 Å². The van der Waals surface area contributed by atoms with Crippen LogP contribution < -0.4 is 4.74 Å². The highest BCUT2D eigenvalue weighted by Crippen LogP contribution is 2.21.